The van der Waals surface area contributed by atoms with Crippen LogP contribution < -0.4 is 10.7 Å². The fraction of sp³-hybridized carbons (Fsp3) is 0.333. The molecule has 4 nitrogen and oxygen atoms in total. The van der Waals surface area contributed by atoms with Gasteiger partial charge in [-0.15, -0.1) is 0 Å². The van der Waals surface area contributed by atoms with Crippen LogP contribution in [0.1, 0.15) is 18.4 Å². The average Bonchev–Trinajstić information content (AvgIpc) is 3.03. The fourth-order valence-corrected chi connectivity index (χ4v) is 3.11. The molecule has 2 aliphatic carbocycles. The van der Waals surface area contributed by atoms with Gasteiger partial charge in [0.25, 0.3) is 0 Å². The maximum absolute atomic E-state index is 9.60. The Balaban J connectivity index is 1.50. The average molecular weight is 287 g/mol. The molecule has 0 spiro atoms. The summed E-state index contributed by atoms with van der Waals surface area (Å²) in [7, 11) is 0. The Morgan fingerprint density at radius 2 is 2.15 bits per heavy atom. The van der Waals surface area contributed by atoms with E-state index < -0.39 is 0 Å². The lowest BCUT2D eigenvalue weighted by molar-refractivity contribution is 0.474. The summed E-state index contributed by atoms with van der Waals surface area (Å²) < 4.78 is 0. The number of allylic oxidation sites excluding steroid dienone is 1. The van der Waals surface area contributed by atoms with Gasteiger partial charge in [-0.05, 0) is 49.0 Å². The van der Waals surface area contributed by atoms with Crippen molar-refractivity contribution < 1.29 is 5.11 Å². The molecule has 1 aromatic carbocycles. The molecule has 2 bridgehead atoms. The normalized spacial score (nSPS) is 27.1. The minimum absolute atomic E-state index is 0.204. The number of hydrogen-bond acceptors (Lipinski definition) is 3. The van der Waals surface area contributed by atoms with E-state index in [0.29, 0.717) is 28.6 Å². The predicted octanol–water partition coefficient (Wildman–Crippen LogP) is 2.15. The number of phenols is 1. The summed E-state index contributed by atoms with van der Waals surface area (Å²) in [5, 5.41) is 17.5. The molecule has 3 N–H and O–H groups in total. The summed E-state index contributed by atoms with van der Waals surface area (Å²) in [5.41, 5.74) is 3.46. The number of aromatic hydroxyl groups is 1. The highest BCUT2D eigenvalue weighted by atomic mass is 32.1. The van der Waals surface area contributed by atoms with E-state index >= 15 is 0 Å². The van der Waals surface area contributed by atoms with Crippen molar-refractivity contribution in [2.24, 2.45) is 16.9 Å². The topological polar surface area (TPSA) is 56.7 Å². The molecule has 1 saturated carbocycles. The maximum atomic E-state index is 9.60. The van der Waals surface area contributed by atoms with Crippen LogP contribution in [0.5, 0.6) is 5.75 Å². The number of thiocarbonyl (C=S) groups is 1. The highest BCUT2D eigenvalue weighted by Gasteiger charge is 2.35. The van der Waals surface area contributed by atoms with E-state index in [9.17, 15) is 5.11 Å². The van der Waals surface area contributed by atoms with Gasteiger partial charge < -0.3 is 10.4 Å². The Bertz CT molecular complexity index is 570. The summed E-state index contributed by atoms with van der Waals surface area (Å²) in [6, 6.07) is 7.45. The number of nitrogens with zero attached hydrogens (tertiary/aromatic N) is 1. The SMILES string of the molecule is Oc1ccccc1/C=N/NC(=S)NC1CC2C=CC1C2. The number of phenolic OH excluding ortho intramolecular Hbond substituents is 1. The van der Waals surface area contributed by atoms with Crippen molar-refractivity contribution >= 4 is 23.5 Å². The first kappa shape index (κ1) is 13.1. The number of hydrazone groups is 1. The molecule has 0 aliphatic heterocycles. The molecule has 3 rings (SSSR count). The third-order valence-electron chi connectivity index (χ3n) is 3.90. The van der Waals surface area contributed by atoms with Gasteiger partial charge in [-0.25, -0.2) is 0 Å². The highest BCUT2D eigenvalue weighted by molar-refractivity contribution is 7.80. The third-order valence-corrected chi connectivity index (χ3v) is 4.11. The van der Waals surface area contributed by atoms with Crippen LogP contribution in [-0.4, -0.2) is 22.5 Å². The van der Waals surface area contributed by atoms with E-state index in [0.717, 1.165) is 6.42 Å². The summed E-state index contributed by atoms with van der Waals surface area (Å²) in [6.07, 6.45) is 8.52. The van der Waals surface area contributed by atoms with Crippen molar-refractivity contribution in [1.29, 1.82) is 0 Å². The van der Waals surface area contributed by atoms with Crippen LogP contribution >= 0.6 is 12.2 Å². The molecule has 0 heterocycles. The Labute approximate surface area is 123 Å². The van der Waals surface area contributed by atoms with Gasteiger partial charge in [0, 0.05) is 11.6 Å². The van der Waals surface area contributed by atoms with Crippen LogP contribution in [0.4, 0.5) is 0 Å². The highest BCUT2D eigenvalue weighted by Crippen LogP contribution is 2.38. The van der Waals surface area contributed by atoms with Crippen molar-refractivity contribution in [1.82, 2.24) is 10.7 Å². The van der Waals surface area contributed by atoms with Crippen LogP contribution in [0.15, 0.2) is 41.5 Å². The first-order valence-corrected chi connectivity index (χ1v) is 7.19. The molecule has 5 heteroatoms. The standard InChI is InChI=1S/C15H17N3OS/c19-14-4-2-1-3-12(14)9-16-18-15(20)17-13-8-10-5-6-11(13)7-10/h1-6,9-11,13,19H,7-8H2,(H2,17,18,20)/b16-9+. The van der Waals surface area contributed by atoms with E-state index in [-0.39, 0.29) is 5.75 Å². The van der Waals surface area contributed by atoms with Gasteiger partial charge in [-0.1, -0.05) is 24.3 Å². The van der Waals surface area contributed by atoms with Gasteiger partial charge in [0.1, 0.15) is 5.75 Å². The Morgan fingerprint density at radius 1 is 1.30 bits per heavy atom. The molecule has 0 radical (unpaired) electrons. The molecular weight excluding hydrogens is 270 g/mol. The molecule has 1 aromatic rings. The Hall–Kier alpha value is -1.88. The monoisotopic (exact) mass is 287 g/mol. The number of nitrogens with one attached hydrogen (secondary N) is 2. The molecule has 2 aliphatic rings. The zero-order valence-electron chi connectivity index (χ0n) is 11.0. The molecule has 0 amide bonds. The largest absolute Gasteiger partial charge is 0.507 e. The number of benzene rings is 1. The third kappa shape index (κ3) is 2.82. The van der Waals surface area contributed by atoms with E-state index in [1.165, 1.54) is 6.42 Å². The van der Waals surface area contributed by atoms with Gasteiger partial charge >= 0.3 is 0 Å². The molecule has 1 fully saturated rings. The van der Waals surface area contributed by atoms with Crippen molar-refractivity contribution in [2.45, 2.75) is 18.9 Å². The Morgan fingerprint density at radius 3 is 2.85 bits per heavy atom. The van der Waals surface area contributed by atoms with E-state index in [1.807, 2.05) is 6.07 Å². The van der Waals surface area contributed by atoms with Crippen LogP contribution in [0.25, 0.3) is 0 Å². The molecule has 104 valence electrons. The lowest BCUT2D eigenvalue weighted by Gasteiger charge is -2.20. The van der Waals surface area contributed by atoms with Gasteiger partial charge in [0.15, 0.2) is 5.11 Å². The first-order valence-electron chi connectivity index (χ1n) is 6.78. The van der Waals surface area contributed by atoms with Gasteiger partial charge in [-0.2, -0.15) is 5.10 Å². The second-order valence-electron chi connectivity index (χ2n) is 5.29. The minimum Gasteiger partial charge on any atom is -0.507 e. The molecule has 0 saturated heterocycles. The first-order chi connectivity index (χ1) is 9.72. The lowest BCUT2D eigenvalue weighted by atomic mass is 10.0. The zero-order chi connectivity index (χ0) is 13.9. The zero-order valence-corrected chi connectivity index (χ0v) is 11.8. The molecule has 0 aromatic heterocycles. The van der Waals surface area contributed by atoms with Crippen molar-refractivity contribution in [2.75, 3.05) is 0 Å². The summed E-state index contributed by atoms with van der Waals surface area (Å²) in [4.78, 5) is 0. The molecule has 3 atom stereocenters. The second-order valence-corrected chi connectivity index (χ2v) is 5.70. The quantitative estimate of drug-likeness (QED) is 0.345. The van der Waals surface area contributed by atoms with Crippen molar-refractivity contribution in [3.8, 4) is 5.75 Å². The number of para-hydroxylation sites is 1. The van der Waals surface area contributed by atoms with Crippen LogP contribution in [-0.2, 0) is 0 Å². The number of fused-ring (bicyclic) bond motifs is 2. The van der Waals surface area contributed by atoms with Crippen LogP contribution in [0.3, 0.4) is 0 Å². The van der Waals surface area contributed by atoms with Crippen LogP contribution in [0, 0.1) is 11.8 Å². The maximum Gasteiger partial charge on any atom is 0.187 e. The van der Waals surface area contributed by atoms with Crippen molar-refractivity contribution in [3.63, 3.8) is 0 Å². The predicted molar refractivity (Wildman–Crippen MR) is 83.7 cm³/mol. The summed E-state index contributed by atoms with van der Waals surface area (Å²) in [5.74, 6) is 1.52. The van der Waals surface area contributed by atoms with Gasteiger partial charge in [-0.3, -0.25) is 5.43 Å². The van der Waals surface area contributed by atoms with Crippen LogP contribution in [0.2, 0.25) is 0 Å². The number of hydrogen-bond donors (Lipinski definition) is 3. The van der Waals surface area contributed by atoms with Gasteiger partial charge in [0.05, 0.1) is 6.21 Å². The molecule has 3 unspecified atom stereocenters. The van der Waals surface area contributed by atoms with E-state index in [2.05, 4.69) is 28.0 Å². The molecular formula is C15H17N3OS. The fourth-order valence-electron chi connectivity index (χ4n) is 2.90. The smallest absolute Gasteiger partial charge is 0.187 e. The summed E-state index contributed by atoms with van der Waals surface area (Å²) in [6.45, 7) is 0. The lowest BCUT2D eigenvalue weighted by Crippen LogP contribution is -2.42. The van der Waals surface area contributed by atoms with Crippen molar-refractivity contribution in [3.05, 3.63) is 42.0 Å². The number of rotatable bonds is 3. The summed E-state index contributed by atoms with van der Waals surface area (Å²) >= 11 is 5.23. The van der Waals surface area contributed by atoms with Gasteiger partial charge in [0.2, 0.25) is 0 Å². The second kappa shape index (κ2) is 5.63. The van der Waals surface area contributed by atoms with E-state index in [1.54, 1.807) is 24.4 Å². The van der Waals surface area contributed by atoms with E-state index in [4.69, 9.17) is 12.2 Å². The molecule has 20 heavy (non-hydrogen) atoms. The Kier molecular flexibility index (Phi) is 3.69. The minimum atomic E-state index is 0.204.